The highest BCUT2D eigenvalue weighted by molar-refractivity contribution is 7.91. The third-order valence-electron chi connectivity index (χ3n) is 8.53. The number of nitrogens with one attached hydrogen (secondary N) is 1. The quantitative estimate of drug-likeness (QED) is 0.210. The second kappa shape index (κ2) is 14.1. The van der Waals surface area contributed by atoms with Crippen molar-refractivity contribution in [1.82, 2.24) is 23.7 Å². The maximum atomic E-state index is 14.1. The fourth-order valence-electron chi connectivity index (χ4n) is 5.76. The number of benzene rings is 3. The molecule has 0 amide bonds. The standard InChI is InChI=1S/C35H38N6O6S2/c1-39-18-8-10-29(24-39)47-28-16-14-27(15-17-28)37-35-36-23-26-22-32(34(42)41(33(26)38-35)20-19-40(2)48(3,43)44)25-9-7-13-31(21-25)49(45,46)30-11-5-4-6-12-30/h4-7,9,11-17,21-23,29H,8,10,18-20,24H2,1-3H3,(H,36,37,38). The van der Waals surface area contributed by atoms with E-state index in [1.54, 1.807) is 42.6 Å². The number of ether oxygens (including phenoxy) is 1. The lowest BCUT2D eigenvalue weighted by molar-refractivity contribution is 0.104. The molecule has 3 aromatic carbocycles. The monoisotopic (exact) mass is 702 g/mol. The van der Waals surface area contributed by atoms with E-state index >= 15 is 0 Å². The molecule has 1 N–H and O–H groups in total. The molecule has 1 saturated heterocycles. The van der Waals surface area contributed by atoms with Crippen molar-refractivity contribution in [2.24, 2.45) is 0 Å². The van der Waals surface area contributed by atoms with E-state index in [-0.39, 0.29) is 40.5 Å². The molecule has 5 aromatic rings. The molecule has 256 valence electrons. The van der Waals surface area contributed by atoms with Gasteiger partial charge in [0.2, 0.25) is 25.8 Å². The van der Waals surface area contributed by atoms with Gasteiger partial charge < -0.3 is 15.0 Å². The first-order valence-corrected chi connectivity index (χ1v) is 19.2. The first-order valence-electron chi connectivity index (χ1n) is 15.8. The van der Waals surface area contributed by atoms with Crippen LogP contribution >= 0.6 is 0 Å². The summed E-state index contributed by atoms with van der Waals surface area (Å²) < 4.78 is 59.8. The molecule has 1 aliphatic heterocycles. The number of fused-ring (bicyclic) bond motifs is 1. The summed E-state index contributed by atoms with van der Waals surface area (Å²) in [6.45, 7) is 1.95. The van der Waals surface area contributed by atoms with Gasteiger partial charge >= 0.3 is 0 Å². The van der Waals surface area contributed by atoms with Crippen LogP contribution in [0.3, 0.4) is 0 Å². The number of sulfone groups is 1. The SMILES string of the molecule is CN1CCCC(Oc2ccc(Nc3ncc4cc(-c5cccc(S(=O)(=O)c6ccccc6)c5)c(=O)n(CCN(C)S(C)(=O)=O)c4n3)cc2)C1. The minimum Gasteiger partial charge on any atom is -0.489 e. The van der Waals surface area contributed by atoms with Gasteiger partial charge in [0.25, 0.3) is 5.56 Å². The Kier molecular flexibility index (Phi) is 9.84. The highest BCUT2D eigenvalue weighted by Crippen LogP contribution is 2.28. The number of piperidine rings is 1. The van der Waals surface area contributed by atoms with Gasteiger partial charge in [-0.25, -0.2) is 26.1 Å². The Bertz CT molecular complexity index is 2250. The topological polar surface area (TPSA) is 144 Å². The zero-order chi connectivity index (χ0) is 34.8. The summed E-state index contributed by atoms with van der Waals surface area (Å²) in [5.74, 6) is 1.01. The Balaban J connectivity index is 1.34. The molecular formula is C35H38N6O6S2. The third kappa shape index (κ3) is 7.83. The number of hydrogen-bond acceptors (Lipinski definition) is 10. The molecule has 6 rings (SSSR count). The number of pyridine rings is 1. The highest BCUT2D eigenvalue weighted by atomic mass is 32.2. The van der Waals surface area contributed by atoms with Crippen LogP contribution in [0.4, 0.5) is 11.6 Å². The van der Waals surface area contributed by atoms with Crippen molar-refractivity contribution in [3.63, 3.8) is 0 Å². The zero-order valence-corrected chi connectivity index (χ0v) is 29.1. The van der Waals surface area contributed by atoms with Crippen LogP contribution in [-0.2, 0) is 26.4 Å². The molecule has 1 fully saturated rings. The van der Waals surface area contributed by atoms with Gasteiger partial charge in [-0.05, 0) is 86.6 Å². The number of likely N-dealkylation sites (N-methyl/N-ethyl adjacent to an activating group) is 2. The van der Waals surface area contributed by atoms with E-state index in [9.17, 15) is 21.6 Å². The van der Waals surface area contributed by atoms with Crippen LogP contribution in [0.1, 0.15) is 12.8 Å². The Labute approximate surface area is 286 Å². The predicted molar refractivity (Wildman–Crippen MR) is 189 cm³/mol. The molecule has 0 spiro atoms. The summed E-state index contributed by atoms with van der Waals surface area (Å²) in [5.41, 5.74) is 1.17. The van der Waals surface area contributed by atoms with E-state index in [1.807, 2.05) is 24.3 Å². The van der Waals surface area contributed by atoms with Crippen LogP contribution in [0.5, 0.6) is 5.75 Å². The van der Waals surface area contributed by atoms with E-state index in [0.717, 1.165) is 42.2 Å². The minimum atomic E-state index is -3.85. The first kappa shape index (κ1) is 34.2. The second-order valence-electron chi connectivity index (χ2n) is 12.2. The van der Waals surface area contributed by atoms with Gasteiger partial charge in [0.05, 0.1) is 16.0 Å². The highest BCUT2D eigenvalue weighted by Gasteiger charge is 2.21. The van der Waals surface area contributed by atoms with Crippen LogP contribution in [0.15, 0.2) is 106 Å². The summed E-state index contributed by atoms with van der Waals surface area (Å²) in [5, 5.41) is 3.69. The van der Waals surface area contributed by atoms with Crippen molar-refractivity contribution in [3.8, 4) is 16.9 Å². The number of rotatable bonds is 11. The molecule has 0 radical (unpaired) electrons. The van der Waals surface area contributed by atoms with Crippen LogP contribution in [-0.4, -0.2) is 86.7 Å². The molecule has 12 nitrogen and oxygen atoms in total. The first-order chi connectivity index (χ1) is 23.4. The second-order valence-corrected chi connectivity index (χ2v) is 16.2. The summed E-state index contributed by atoms with van der Waals surface area (Å²) in [6.07, 6.45) is 4.92. The number of hydrogen-bond donors (Lipinski definition) is 1. The van der Waals surface area contributed by atoms with Crippen LogP contribution in [0.2, 0.25) is 0 Å². The maximum Gasteiger partial charge on any atom is 0.260 e. The van der Waals surface area contributed by atoms with E-state index in [2.05, 4.69) is 27.2 Å². The molecule has 14 heteroatoms. The lowest BCUT2D eigenvalue weighted by Crippen LogP contribution is -2.38. The Morgan fingerprint density at radius 3 is 2.41 bits per heavy atom. The van der Waals surface area contributed by atoms with Crippen molar-refractivity contribution in [2.45, 2.75) is 35.3 Å². The minimum absolute atomic E-state index is 0.00469. The average Bonchev–Trinajstić information content (AvgIpc) is 3.08. The van der Waals surface area contributed by atoms with Crippen molar-refractivity contribution < 1.29 is 21.6 Å². The number of sulfonamides is 1. The third-order valence-corrected chi connectivity index (χ3v) is 11.6. The lowest BCUT2D eigenvalue weighted by Gasteiger charge is -2.30. The fourth-order valence-corrected chi connectivity index (χ4v) is 7.50. The Hall–Kier alpha value is -4.63. The molecule has 3 heterocycles. The van der Waals surface area contributed by atoms with Gasteiger partial charge in [0.1, 0.15) is 17.5 Å². The number of anilines is 2. The van der Waals surface area contributed by atoms with Crippen LogP contribution in [0.25, 0.3) is 22.2 Å². The normalized spacial score (nSPS) is 15.8. The van der Waals surface area contributed by atoms with Crippen molar-refractivity contribution in [1.29, 1.82) is 0 Å². The maximum absolute atomic E-state index is 14.1. The fraction of sp³-hybridized carbons (Fsp3) is 0.286. The van der Waals surface area contributed by atoms with Crippen LogP contribution < -0.4 is 15.6 Å². The van der Waals surface area contributed by atoms with Gasteiger partial charge in [-0.15, -0.1) is 0 Å². The molecule has 1 atom stereocenters. The largest absolute Gasteiger partial charge is 0.489 e. The number of nitrogens with zero attached hydrogens (tertiary/aromatic N) is 5. The molecule has 49 heavy (non-hydrogen) atoms. The van der Waals surface area contributed by atoms with Gasteiger partial charge in [-0.3, -0.25) is 9.36 Å². The number of likely N-dealkylation sites (tertiary alicyclic amines) is 1. The zero-order valence-electron chi connectivity index (χ0n) is 27.5. The summed E-state index contributed by atoms with van der Waals surface area (Å²) in [4.78, 5) is 25.7. The molecule has 1 aliphatic rings. The van der Waals surface area contributed by atoms with Gasteiger partial charge in [0, 0.05) is 49.5 Å². The average molecular weight is 703 g/mol. The van der Waals surface area contributed by atoms with E-state index in [1.165, 1.54) is 35.9 Å². The van der Waals surface area contributed by atoms with Crippen molar-refractivity contribution >= 4 is 42.5 Å². The van der Waals surface area contributed by atoms with Crippen molar-refractivity contribution in [2.75, 3.05) is 45.3 Å². The van der Waals surface area contributed by atoms with E-state index in [0.29, 0.717) is 22.3 Å². The molecule has 1 unspecified atom stereocenters. The molecule has 0 bridgehead atoms. The molecule has 0 aliphatic carbocycles. The van der Waals surface area contributed by atoms with Gasteiger partial charge in [-0.2, -0.15) is 4.98 Å². The van der Waals surface area contributed by atoms with Gasteiger partial charge in [0.15, 0.2) is 0 Å². The van der Waals surface area contributed by atoms with Gasteiger partial charge in [-0.1, -0.05) is 30.3 Å². The Morgan fingerprint density at radius 2 is 1.69 bits per heavy atom. The number of aromatic nitrogens is 3. The Morgan fingerprint density at radius 1 is 0.959 bits per heavy atom. The molecule has 2 aromatic heterocycles. The summed E-state index contributed by atoms with van der Waals surface area (Å²) in [7, 11) is -3.84. The van der Waals surface area contributed by atoms with E-state index in [4.69, 9.17) is 4.74 Å². The van der Waals surface area contributed by atoms with Crippen LogP contribution in [0, 0.1) is 0 Å². The summed E-state index contributed by atoms with van der Waals surface area (Å²) >= 11 is 0. The van der Waals surface area contributed by atoms with Crippen molar-refractivity contribution in [3.05, 3.63) is 101 Å². The smallest absolute Gasteiger partial charge is 0.260 e. The van der Waals surface area contributed by atoms with E-state index < -0.39 is 25.4 Å². The molecular weight excluding hydrogens is 665 g/mol. The predicted octanol–water partition coefficient (Wildman–Crippen LogP) is 4.40. The lowest BCUT2D eigenvalue weighted by atomic mass is 10.1. The summed E-state index contributed by atoms with van der Waals surface area (Å²) in [6, 6.07) is 23.4. The molecule has 0 saturated carbocycles.